The molecule has 2 N–H and O–H groups in total. The van der Waals surface area contributed by atoms with Crippen LogP contribution in [0, 0.1) is 5.92 Å². The molecule has 6 nitrogen and oxygen atoms in total. The van der Waals surface area contributed by atoms with E-state index in [4.69, 9.17) is 9.47 Å². The van der Waals surface area contributed by atoms with Crippen LogP contribution in [0.4, 0.5) is 4.79 Å². The Morgan fingerprint density at radius 1 is 1.24 bits per heavy atom. The normalized spacial score (nSPS) is 15.8. The van der Waals surface area contributed by atoms with Crippen LogP contribution in [0.15, 0.2) is 0 Å². The third-order valence-electron chi connectivity index (χ3n) is 3.04. The summed E-state index contributed by atoms with van der Waals surface area (Å²) in [5.41, 5.74) is -0.615. The molecule has 0 aromatic heterocycles. The van der Waals surface area contributed by atoms with Crippen molar-refractivity contribution in [3.63, 3.8) is 0 Å². The molecule has 0 aromatic rings. The first-order chi connectivity index (χ1) is 9.60. The number of hydrogen-bond donors (Lipinski definition) is 2. The number of carbonyl (C=O) groups excluding carboxylic acids is 2. The summed E-state index contributed by atoms with van der Waals surface area (Å²) in [5, 5.41) is 12.8. The van der Waals surface area contributed by atoms with Crippen molar-refractivity contribution in [1.29, 1.82) is 0 Å². The van der Waals surface area contributed by atoms with E-state index in [-0.39, 0.29) is 18.9 Å². The van der Waals surface area contributed by atoms with E-state index < -0.39 is 29.8 Å². The van der Waals surface area contributed by atoms with Crippen LogP contribution in [0.25, 0.3) is 0 Å². The second-order valence-corrected chi connectivity index (χ2v) is 6.13. The zero-order valence-electron chi connectivity index (χ0n) is 13.9. The predicted octanol–water partition coefficient (Wildman–Crippen LogP) is 2.24. The average Bonchev–Trinajstić information content (AvgIpc) is 2.32. The van der Waals surface area contributed by atoms with Crippen molar-refractivity contribution in [2.24, 2.45) is 5.92 Å². The lowest BCUT2D eigenvalue weighted by atomic mass is 9.93. The number of nitrogens with one attached hydrogen (secondary N) is 1. The highest BCUT2D eigenvalue weighted by molar-refractivity contribution is 5.71. The van der Waals surface area contributed by atoms with Gasteiger partial charge in [0, 0.05) is 0 Å². The van der Waals surface area contributed by atoms with Crippen molar-refractivity contribution in [3.8, 4) is 0 Å². The summed E-state index contributed by atoms with van der Waals surface area (Å²) in [6, 6.07) is -0.561. The van der Waals surface area contributed by atoms with Gasteiger partial charge in [-0.05, 0) is 33.6 Å². The maximum atomic E-state index is 11.8. The summed E-state index contributed by atoms with van der Waals surface area (Å²) >= 11 is 0. The SMILES string of the molecule is CCOC(=O)C[C@@H](O)[C@@H](NC(=O)OC(C)(C)C)[C@@H](C)CC. The van der Waals surface area contributed by atoms with Crippen molar-refractivity contribution < 1.29 is 24.2 Å². The molecule has 0 saturated carbocycles. The van der Waals surface area contributed by atoms with Crippen LogP contribution in [0.2, 0.25) is 0 Å². The summed E-state index contributed by atoms with van der Waals surface area (Å²) in [7, 11) is 0. The molecule has 21 heavy (non-hydrogen) atoms. The molecule has 0 unspecified atom stereocenters. The second kappa shape index (κ2) is 8.87. The molecule has 0 heterocycles. The quantitative estimate of drug-likeness (QED) is 0.705. The van der Waals surface area contributed by atoms with Gasteiger partial charge in [-0.15, -0.1) is 0 Å². The van der Waals surface area contributed by atoms with Gasteiger partial charge in [0.25, 0.3) is 0 Å². The molecule has 0 fully saturated rings. The number of esters is 1. The lowest BCUT2D eigenvalue weighted by Crippen LogP contribution is -2.49. The topological polar surface area (TPSA) is 84.9 Å². The molecule has 124 valence electrons. The molecule has 6 heteroatoms. The van der Waals surface area contributed by atoms with Crippen molar-refractivity contribution in [2.75, 3.05) is 6.61 Å². The number of ether oxygens (including phenoxy) is 2. The van der Waals surface area contributed by atoms with Crippen LogP contribution in [-0.4, -0.2) is 41.5 Å². The summed E-state index contributed by atoms with van der Waals surface area (Å²) in [6.07, 6.45) is -1.01. The largest absolute Gasteiger partial charge is 0.466 e. The number of amides is 1. The minimum absolute atomic E-state index is 0.00180. The maximum absolute atomic E-state index is 11.8. The Hall–Kier alpha value is -1.30. The van der Waals surface area contributed by atoms with E-state index >= 15 is 0 Å². The molecule has 0 bridgehead atoms. The fourth-order valence-electron chi connectivity index (χ4n) is 1.83. The minimum atomic E-state index is -1.01. The van der Waals surface area contributed by atoms with Gasteiger partial charge in [0.15, 0.2) is 0 Å². The van der Waals surface area contributed by atoms with Gasteiger partial charge >= 0.3 is 12.1 Å². The summed E-state index contributed by atoms with van der Waals surface area (Å²) in [6.45, 7) is 11.1. The lowest BCUT2D eigenvalue weighted by Gasteiger charge is -2.30. The first-order valence-electron chi connectivity index (χ1n) is 7.43. The van der Waals surface area contributed by atoms with Crippen LogP contribution in [0.5, 0.6) is 0 Å². The first-order valence-corrected chi connectivity index (χ1v) is 7.43. The van der Waals surface area contributed by atoms with E-state index in [2.05, 4.69) is 5.32 Å². The van der Waals surface area contributed by atoms with Crippen LogP contribution >= 0.6 is 0 Å². The van der Waals surface area contributed by atoms with Crippen LogP contribution in [0.1, 0.15) is 54.4 Å². The van der Waals surface area contributed by atoms with Crippen molar-refractivity contribution in [3.05, 3.63) is 0 Å². The molecule has 0 saturated heterocycles. The Morgan fingerprint density at radius 2 is 1.81 bits per heavy atom. The number of aliphatic hydroxyl groups is 1. The van der Waals surface area contributed by atoms with Crippen LogP contribution in [0.3, 0.4) is 0 Å². The molecular formula is C15H29NO5. The third-order valence-corrected chi connectivity index (χ3v) is 3.04. The second-order valence-electron chi connectivity index (χ2n) is 6.13. The highest BCUT2D eigenvalue weighted by Crippen LogP contribution is 2.16. The Kier molecular flexibility index (Phi) is 8.32. The molecule has 0 aliphatic carbocycles. The Bertz CT molecular complexity index is 337. The van der Waals surface area contributed by atoms with Gasteiger partial charge in [0.2, 0.25) is 0 Å². The highest BCUT2D eigenvalue weighted by Gasteiger charge is 2.30. The summed E-state index contributed by atoms with van der Waals surface area (Å²) in [5.74, 6) is -0.480. The fraction of sp³-hybridized carbons (Fsp3) is 0.867. The standard InChI is InChI=1S/C15H29NO5/c1-7-10(3)13(11(17)9-12(18)20-8-2)16-14(19)21-15(4,5)6/h10-11,13,17H,7-9H2,1-6H3,(H,16,19)/t10-,11+,13-/m0/s1. The van der Waals surface area contributed by atoms with Gasteiger partial charge < -0.3 is 19.9 Å². The van der Waals surface area contributed by atoms with E-state index in [1.807, 2.05) is 13.8 Å². The van der Waals surface area contributed by atoms with Crippen LogP contribution in [-0.2, 0) is 14.3 Å². The van der Waals surface area contributed by atoms with Gasteiger partial charge in [0.1, 0.15) is 5.60 Å². The zero-order chi connectivity index (χ0) is 16.6. The van der Waals surface area contributed by atoms with Crippen LogP contribution < -0.4 is 5.32 Å². The highest BCUT2D eigenvalue weighted by atomic mass is 16.6. The minimum Gasteiger partial charge on any atom is -0.466 e. The maximum Gasteiger partial charge on any atom is 0.407 e. The molecule has 0 aliphatic heterocycles. The van der Waals surface area contributed by atoms with Crippen molar-refractivity contribution in [2.45, 2.75) is 72.1 Å². The van der Waals surface area contributed by atoms with Gasteiger partial charge in [-0.1, -0.05) is 20.3 Å². The number of hydrogen-bond acceptors (Lipinski definition) is 5. The summed E-state index contributed by atoms with van der Waals surface area (Å²) in [4.78, 5) is 23.3. The predicted molar refractivity (Wildman–Crippen MR) is 79.9 cm³/mol. The third kappa shape index (κ3) is 8.55. The van der Waals surface area contributed by atoms with E-state index in [1.54, 1.807) is 27.7 Å². The lowest BCUT2D eigenvalue weighted by molar-refractivity contribution is -0.146. The number of rotatable bonds is 7. The van der Waals surface area contributed by atoms with E-state index in [0.29, 0.717) is 0 Å². The molecule has 1 amide bonds. The average molecular weight is 303 g/mol. The molecule has 0 aromatic carbocycles. The van der Waals surface area contributed by atoms with Gasteiger partial charge in [0.05, 0.1) is 25.2 Å². The smallest absolute Gasteiger partial charge is 0.407 e. The van der Waals surface area contributed by atoms with Crippen molar-refractivity contribution in [1.82, 2.24) is 5.32 Å². The van der Waals surface area contributed by atoms with E-state index in [0.717, 1.165) is 6.42 Å². The van der Waals surface area contributed by atoms with E-state index in [1.165, 1.54) is 0 Å². The van der Waals surface area contributed by atoms with Gasteiger partial charge in [-0.25, -0.2) is 4.79 Å². The van der Waals surface area contributed by atoms with Crippen molar-refractivity contribution >= 4 is 12.1 Å². The molecule has 0 spiro atoms. The van der Waals surface area contributed by atoms with E-state index in [9.17, 15) is 14.7 Å². The number of alkyl carbamates (subject to hydrolysis) is 1. The molecule has 0 radical (unpaired) electrons. The molecular weight excluding hydrogens is 274 g/mol. The Morgan fingerprint density at radius 3 is 2.24 bits per heavy atom. The zero-order valence-corrected chi connectivity index (χ0v) is 13.9. The Labute approximate surface area is 127 Å². The molecule has 0 aliphatic rings. The molecule has 3 atom stereocenters. The monoisotopic (exact) mass is 303 g/mol. The Balaban J connectivity index is 4.72. The van der Waals surface area contributed by atoms with Gasteiger partial charge in [-0.3, -0.25) is 4.79 Å². The first kappa shape index (κ1) is 19.7. The fourth-order valence-corrected chi connectivity index (χ4v) is 1.83. The van der Waals surface area contributed by atoms with Gasteiger partial charge in [-0.2, -0.15) is 0 Å². The number of aliphatic hydroxyl groups excluding tert-OH is 1. The number of carbonyl (C=O) groups is 2. The molecule has 0 rings (SSSR count). The summed E-state index contributed by atoms with van der Waals surface area (Å²) < 4.78 is 10.0.